The van der Waals surface area contributed by atoms with Gasteiger partial charge in [-0.05, 0) is 18.4 Å². The fraction of sp³-hybridized carbons (Fsp3) is 0.545. The highest BCUT2D eigenvalue weighted by Gasteiger charge is 2.56. The zero-order valence-corrected chi connectivity index (χ0v) is 12.0. The van der Waals surface area contributed by atoms with E-state index in [1.54, 1.807) is 24.4 Å². The molecule has 0 aromatic carbocycles. The number of amides is 1. The normalized spacial score (nSPS) is 27.0. The molecule has 0 bridgehead atoms. The summed E-state index contributed by atoms with van der Waals surface area (Å²) in [6.45, 7) is 2.56. The molecule has 1 aromatic heterocycles. The molecular weight excluding hydrogens is 288 g/mol. The van der Waals surface area contributed by atoms with Gasteiger partial charge in [-0.15, -0.1) is 11.3 Å². The van der Waals surface area contributed by atoms with Gasteiger partial charge in [-0.1, -0.05) is 6.07 Å². The van der Waals surface area contributed by atoms with Gasteiger partial charge in [-0.3, -0.25) is 4.79 Å². The van der Waals surface area contributed by atoms with Gasteiger partial charge in [-0.25, -0.2) is 8.42 Å². The molecule has 6 nitrogen and oxygen atoms in total. The largest absolute Gasteiger partial charge is 0.377 e. The van der Waals surface area contributed by atoms with Crippen LogP contribution in [0.5, 0.6) is 0 Å². The topological polar surface area (TPSA) is 75.7 Å². The Morgan fingerprint density at radius 1 is 1.53 bits per heavy atom. The van der Waals surface area contributed by atoms with E-state index >= 15 is 0 Å². The number of sulfonamides is 1. The molecule has 3 heterocycles. The molecule has 2 saturated heterocycles. The van der Waals surface area contributed by atoms with Crippen LogP contribution in [0.15, 0.2) is 21.7 Å². The van der Waals surface area contributed by atoms with E-state index in [9.17, 15) is 13.2 Å². The molecule has 0 radical (unpaired) electrons. The number of thiophene rings is 1. The maximum absolute atomic E-state index is 12.7. The second kappa shape index (κ2) is 4.27. The van der Waals surface area contributed by atoms with Gasteiger partial charge >= 0.3 is 0 Å². The molecule has 2 aliphatic heterocycles. The van der Waals surface area contributed by atoms with Gasteiger partial charge in [0.1, 0.15) is 15.8 Å². The Morgan fingerprint density at radius 2 is 2.26 bits per heavy atom. The average Bonchev–Trinajstić information content (AvgIpc) is 2.84. The molecule has 8 heteroatoms. The van der Waals surface area contributed by atoms with Gasteiger partial charge in [0.25, 0.3) is 10.0 Å². The third-order valence-electron chi connectivity index (χ3n) is 3.54. The molecule has 19 heavy (non-hydrogen) atoms. The summed E-state index contributed by atoms with van der Waals surface area (Å²) in [4.78, 5) is 11.8. The van der Waals surface area contributed by atoms with Gasteiger partial charge in [0.05, 0.1) is 13.2 Å². The highest BCUT2D eigenvalue weighted by molar-refractivity contribution is 7.91. The van der Waals surface area contributed by atoms with Crippen LogP contribution in [0.3, 0.4) is 0 Å². The number of piperazine rings is 1. The molecule has 1 atom stereocenters. The number of nitrogens with zero attached hydrogens (tertiary/aromatic N) is 1. The third kappa shape index (κ3) is 1.82. The molecule has 1 amide bonds. The van der Waals surface area contributed by atoms with Crippen molar-refractivity contribution in [3.05, 3.63) is 17.5 Å². The number of carbonyl (C=O) groups is 1. The first-order valence-electron chi connectivity index (χ1n) is 5.91. The third-order valence-corrected chi connectivity index (χ3v) is 6.99. The van der Waals surface area contributed by atoms with Crippen LogP contribution in [0.25, 0.3) is 0 Å². The van der Waals surface area contributed by atoms with Crippen molar-refractivity contribution in [3.63, 3.8) is 0 Å². The average molecular weight is 302 g/mol. The molecule has 104 valence electrons. The SMILES string of the molecule is C[C@H]1C(=O)NCC2(COC2)N1S(=O)(=O)c1cccs1. The molecule has 0 aliphatic carbocycles. The Bertz CT molecular complexity index is 592. The van der Waals surface area contributed by atoms with E-state index in [0.29, 0.717) is 19.8 Å². The maximum Gasteiger partial charge on any atom is 0.254 e. The summed E-state index contributed by atoms with van der Waals surface area (Å²) in [5, 5.41) is 4.46. The maximum atomic E-state index is 12.7. The lowest BCUT2D eigenvalue weighted by atomic mass is 9.93. The zero-order chi connectivity index (χ0) is 13.7. The van der Waals surface area contributed by atoms with E-state index in [-0.39, 0.29) is 10.1 Å². The van der Waals surface area contributed by atoms with Crippen molar-refractivity contribution in [2.75, 3.05) is 19.8 Å². The van der Waals surface area contributed by atoms with Crippen LogP contribution >= 0.6 is 11.3 Å². The Labute approximate surface area is 115 Å². The standard InChI is InChI=1S/C11H14N2O4S2/c1-8-10(14)12-5-11(6-17-7-11)13(8)19(15,16)9-3-2-4-18-9/h2-4,8H,5-7H2,1H3,(H,12,14)/t8-/m0/s1. The van der Waals surface area contributed by atoms with Crippen LogP contribution in [0.1, 0.15) is 6.92 Å². The quantitative estimate of drug-likeness (QED) is 0.836. The van der Waals surface area contributed by atoms with Crippen molar-refractivity contribution in [2.45, 2.75) is 22.7 Å². The summed E-state index contributed by atoms with van der Waals surface area (Å²) in [5.41, 5.74) is -0.629. The molecule has 2 aliphatic rings. The van der Waals surface area contributed by atoms with Crippen LogP contribution in [-0.2, 0) is 19.6 Å². The number of carbonyl (C=O) groups excluding carboxylic acids is 1. The van der Waals surface area contributed by atoms with E-state index in [1.807, 2.05) is 0 Å². The molecule has 2 fully saturated rings. The van der Waals surface area contributed by atoms with E-state index in [2.05, 4.69) is 5.32 Å². The summed E-state index contributed by atoms with van der Waals surface area (Å²) in [6.07, 6.45) is 0. The van der Waals surface area contributed by atoms with Crippen LogP contribution < -0.4 is 5.32 Å². The van der Waals surface area contributed by atoms with Gasteiger partial charge in [0.2, 0.25) is 5.91 Å². The minimum Gasteiger partial charge on any atom is -0.377 e. The molecule has 1 aromatic rings. The van der Waals surface area contributed by atoms with Crippen molar-refractivity contribution in [1.82, 2.24) is 9.62 Å². The molecule has 1 N–H and O–H groups in total. The summed E-state index contributed by atoms with van der Waals surface area (Å²) in [7, 11) is -3.66. The highest BCUT2D eigenvalue weighted by Crippen LogP contribution is 2.36. The zero-order valence-electron chi connectivity index (χ0n) is 10.3. The Hall–Kier alpha value is -0.960. The first-order valence-corrected chi connectivity index (χ1v) is 8.23. The lowest BCUT2D eigenvalue weighted by Crippen LogP contribution is -2.75. The number of nitrogens with one attached hydrogen (secondary N) is 1. The van der Waals surface area contributed by atoms with Gasteiger partial charge < -0.3 is 10.1 Å². The summed E-state index contributed by atoms with van der Waals surface area (Å²) >= 11 is 1.16. The number of ether oxygens (including phenoxy) is 1. The fourth-order valence-electron chi connectivity index (χ4n) is 2.53. The van der Waals surface area contributed by atoms with Crippen LogP contribution in [-0.4, -0.2) is 50.0 Å². The smallest absolute Gasteiger partial charge is 0.254 e. The van der Waals surface area contributed by atoms with E-state index < -0.39 is 21.6 Å². The van der Waals surface area contributed by atoms with Crippen molar-refractivity contribution >= 4 is 27.3 Å². The lowest BCUT2D eigenvalue weighted by Gasteiger charge is -2.52. The summed E-state index contributed by atoms with van der Waals surface area (Å²) < 4.78 is 32.2. The van der Waals surface area contributed by atoms with Crippen LogP contribution in [0, 0.1) is 0 Å². The van der Waals surface area contributed by atoms with E-state index in [0.717, 1.165) is 11.3 Å². The predicted molar refractivity (Wildman–Crippen MR) is 69.4 cm³/mol. The van der Waals surface area contributed by atoms with Gasteiger partial charge in [-0.2, -0.15) is 4.31 Å². The Kier molecular flexibility index (Phi) is 2.93. The van der Waals surface area contributed by atoms with Gasteiger partial charge in [0, 0.05) is 6.54 Å². The van der Waals surface area contributed by atoms with Crippen molar-refractivity contribution in [1.29, 1.82) is 0 Å². The number of hydrogen-bond acceptors (Lipinski definition) is 5. The second-order valence-electron chi connectivity index (χ2n) is 4.84. The predicted octanol–water partition coefficient (Wildman–Crippen LogP) is 0.0261. The molecular formula is C11H14N2O4S2. The highest BCUT2D eigenvalue weighted by atomic mass is 32.2. The van der Waals surface area contributed by atoms with Crippen LogP contribution in [0.2, 0.25) is 0 Å². The lowest BCUT2D eigenvalue weighted by molar-refractivity contribution is -0.153. The first-order chi connectivity index (χ1) is 8.97. The number of rotatable bonds is 2. The van der Waals surface area contributed by atoms with E-state index in [1.165, 1.54) is 4.31 Å². The van der Waals surface area contributed by atoms with E-state index in [4.69, 9.17) is 4.74 Å². The Balaban J connectivity index is 2.06. The number of hydrogen-bond donors (Lipinski definition) is 1. The second-order valence-corrected chi connectivity index (χ2v) is 7.83. The minimum atomic E-state index is -3.66. The summed E-state index contributed by atoms with van der Waals surface area (Å²) in [5.74, 6) is -0.266. The minimum absolute atomic E-state index is 0.264. The molecule has 0 unspecified atom stereocenters. The Morgan fingerprint density at radius 3 is 2.79 bits per heavy atom. The fourth-order valence-corrected chi connectivity index (χ4v) is 5.51. The molecule has 3 rings (SSSR count). The molecule has 1 spiro atoms. The van der Waals surface area contributed by atoms with Crippen LogP contribution in [0.4, 0.5) is 0 Å². The first kappa shape index (κ1) is 13.0. The molecule has 0 saturated carbocycles. The van der Waals surface area contributed by atoms with Crippen molar-refractivity contribution in [3.8, 4) is 0 Å². The summed E-state index contributed by atoms with van der Waals surface area (Å²) in [6, 6.07) is 2.53. The van der Waals surface area contributed by atoms with Crippen molar-refractivity contribution < 1.29 is 17.9 Å². The van der Waals surface area contributed by atoms with Crippen molar-refractivity contribution in [2.24, 2.45) is 0 Å². The van der Waals surface area contributed by atoms with Gasteiger partial charge in [0.15, 0.2) is 0 Å². The monoisotopic (exact) mass is 302 g/mol.